The van der Waals surface area contributed by atoms with E-state index in [0.29, 0.717) is 30.1 Å². The average molecular weight is 270 g/mol. The van der Waals surface area contributed by atoms with Crippen LogP contribution in [0.3, 0.4) is 0 Å². The molecule has 0 amide bonds. The first-order chi connectivity index (χ1) is 9.70. The zero-order chi connectivity index (χ0) is 14.1. The molecule has 0 bridgehead atoms. The normalized spacial score (nSPS) is 12.1. The number of para-hydroxylation sites is 1. The van der Waals surface area contributed by atoms with Crippen LogP contribution in [-0.2, 0) is 6.42 Å². The molecule has 4 heteroatoms. The van der Waals surface area contributed by atoms with Gasteiger partial charge in [0.1, 0.15) is 22.8 Å². The number of hydrogen-bond donors (Lipinski definition) is 1. The summed E-state index contributed by atoms with van der Waals surface area (Å²) >= 11 is 0. The summed E-state index contributed by atoms with van der Waals surface area (Å²) in [4.78, 5) is 11.5. The number of fused-ring (bicyclic) bond motifs is 2. The molecule has 1 aliphatic rings. The molecule has 0 spiro atoms. The van der Waals surface area contributed by atoms with Gasteiger partial charge in [-0.05, 0) is 30.7 Å². The number of benzene rings is 2. The van der Waals surface area contributed by atoms with Crippen molar-refractivity contribution in [2.24, 2.45) is 0 Å². The van der Waals surface area contributed by atoms with Crippen LogP contribution in [0.2, 0.25) is 0 Å². The van der Waals surface area contributed by atoms with Gasteiger partial charge in [0.2, 0.25) is 0 Å². The van der Waals surface area contributed by atoms with E-state index in [1.165, 1.54) is 0 Å². The number of carboxylic acid groups (broad SMARTS) is 1. The van der Waals surface area contributed by atoms with Crippen LogP contribution >= 0.6 is 0 Å². The van der Waals surface area contributed by atoms with E-state index in [1.54, 1.807) is 12.1 Å². The van der Waals surface area contributed by atoms with Crippen LogP contribution in [0, 0.1) is 0 Å². The molecule has 20 heavy (non-hydrogen) atoms. The molecule has 2 aromatic rings. The van der Waals surface area contributed by atoms with Gasteiger partial charge in [-0.2, -0.15) is 0 Å². The summed E-state index contributed by atoms with van der Waals surface area (Å²) in [5, 5.41) is 9.46. The third-order valence-corrected chi connectivity index (χ3v) is 3.31. The van der Waals surface area contributed by atoms with E-state index in [0.717, 1.165) is 11.3 Å². The van der Waals surface area contributed by atoms with Crippen molar-refractivity contribution in [2.45, 2.75) is 13.3 Å². The lowest BCUT2D eigenvalue weighted by molar-refractivity contribution is 0.0690. The van der Waals surface area contributed by atoms with Crippen LogP contribution in [0.15, 0.2) is 36.4 Å². The Balaban J connectivity index is 2.13. The van der Waals surface area contributed by atoms with Gasteiger partial charge in [-0.15, -0.1) is 0 Å². The molecule has 1 N–H and O–H groups in total. The molecule has 3 rings (SSSR count). The van der Waals surface area contributed by atoms with E-state index < -0.39 is 5.97 Å². The third-order valence-electron chi connectivity index (χ3n) is 3.31. The van der Waals surface area contributed by atoms with Crippen molar-refractivity contribution in [3.8, 4) is 17.2 Å². The molecule has 1 aliphatic heterocycles. The smallest absolute Gasteiger partial charge is 0.339 e. The second kappa shape index (κ2) is 4.89. The molecule has 2 aromatic carbocycles. The number of ether oxygens (including phenoxy) is 2. The summed E-state index contributed by atoms with van der Waals surface area (Å²) in [5.74, 6) is 0.764. The molecule has 0 unspecified atom stereocenters. The summed E-state index contributed by atoms with van der Waals surface area (Å²) in [6, 6.07) is 11.1. The summed E-state index contributed by atoms with van der Waals surface area (Å²) in [5.41, 5.74) is 1.84. The van der Waals surface area contributed by atoms with Crippen molar-refractivity contribution in [2.75, 3.05) is 6.61 Å². The van der Waals surface area contributed by atoms with E-state index in [-0.39, 0.29) is 5.56 Å². The van der Waals surface area contributed by atoms with Crippen LogP contribution in [-0.4, -0.2) is 17.7 Å². The molecule has 0 atom stereocenters. The van der Waals surface area contributed by atoms with Crippen molar-refractivity contribution in [1.29, 1.82) is 0 Å². The minimum absolute atomic E-state index is 0.193. The largest absolute Gasteiger partial charge is 0.493 e. The molecule has 0 aromatic heterocycles. The number of carboxylic acids is 1. The van der Waals surface area contributed by atoms with Gasteiger partial charge < -0.3 is 14.6 Å². The van der Waals surface area contributed by atoms with Gasteiger partial charge in [0, 0.05) is 12.0 Å². The monoisotopic (exact) mass is 270 g/mol. The topological polar surface area (TPSA) is 55.8 Å². The fraction of sp³-hybridized carbons (Fsp3) is 0.188. The minimum Gasteiger partial charge on any atom is -0.493 e. The molecular weight excluding hydrogens is 256 g/mol. The maximum atomic E-state index is 11.5. The zero-order valence-electron chi connectivity index (χ0n) is 11.1. The Morgan fingerprint density at radius 2 is 2.05 bits per heavy atom. The lowest BCUT2D eigenvalue weighted by Gasteiger charge is -2.22. The highest BCUT2D eigenvalue weighted by Gasteiger charge is 2.25. The highest BCUT2D eigenvalue weighted by molar-refractivity contribution is 5.94. The van der Waals surface area contributed by atoms with Gasteiger partial charge in [-0.3, -0.25) is 0 Å². The lowest BCUT2D eigenvalue weighted by Crippen LogP contribution is -2.12. The standard InChI is InChI=1S/C16H14O4/c1-2-19-14-8-7-13-11(15(14)16(17)18)9-10-5-3-4-6-12(10)20-13/h3-8H,2,9H2,1H3,(H,17,18). The highest BCUT2D eigenvalue weighted by Crippen LogP contribution is 2.40. The van der Waals surface area contributed by atoms with Gasteiger partial charge in [0.05, 0.1) is 6.61 Å². The summed E-state index contributed by atoms with van der Waals surface area (Å²) < 4.78 is 11.2. The molecule has 0 aliphatic carbocycles. The van der Waals surface area contributed by atoms with Crippen molar-refractivity contribution in [3.05, 3.63) is 53.1 Å². The Hall–Kier alpha value is -2.49. The van der Waals surface area contributed by atoms with Crippen molar-refractivity contribution >= 4 is 5.97 Å². The zero-order valence-corrected chi connectivity index (χ0v) is 11.1. The molecule has 102 valence electrons. The predicted molar refractivity (Wildman–Crippen MR) is 73.9 cm³/mol. The Morgan fingerprint density at radius 3 is 2.80 bits per heavy atom. The molecule has 0 saturated carbocycles. The van der Waals surface area contributed by atoms with E-state index in [4.69, 9.17) is 9.47 Å². The Kier molecular flexibility index (Phi) is 3.06. The molecule has 0 fully saturated rings. The summed E-state index contributed by atoms with van der Waals surface area (Å²) in [7, 11) is 0. The lowest BCUT2D eigenvalue weighted by atomic mass is 9.95. The van der Waals surface area contributed by atoms with Crippen LogP contribution in [0.25, 0.3) is 0 Å². The fourth-order valence-corrected chi connectivity index (χ4v) is 2.45. The Labute approximate surface area is 116 Å². The van der Waals surface area contributed by atoms with Crippen LogP contribution in [0.4, 0.5) is 0 Å². The second-order valence-electron chi connectivity index (χ2n) is 4.54. The third kappa shape index (κ3) is 1.99. The molecule has 1 heterocycles. The summed E-state index contributed by atoms with van der Waals surface area (Å²) in [6.45, 7) is 2.26. The Morgan fingerprint density at radius 1 is 1.25 bits per heavy atom. The quantitative estimate of drug-likeness (QED) is 0.791. The van der Waals surface area contributed by atoms with Crippen molar-refractivity contribution < 1.29 is 19.4 Å². The highest BCUT2D eigenvalue weighted by atomic mass is 16.5. The molecular formula is C16H14O4. The minimum atomic E-state index is -0.992. The van der Waals surface area contributed by atoms with E-state index in [2.05, 4.69) is 0 Å². The summed E-state index contributed by atoms with van der Waals surface area (Å²) in [6.07, 6.45) is 0.536. The van der Waals surface area contributed by atoms with Gasteiger partial charge in [-0.25, -0.2) is 4.79 Å². The number of aromatic carboxylic acids is 1. The van der Waals surface area contributed by atoms with Gasteiger partial charge >= 0.3 is 5.97 Å². The number of carbonyl (C=O) groups is 1. The van der Waals surface area contributed by atoms with Crippen LogP contribution < -0.4 is 9.47 Å². The van der Waals surface area contributed by atoms with Crippen molar-refractivity contribution in [3.63, 3.8) is 0 Å². The van der Waals surface area contributed by atoms with E-state index in [9.17, 15) is 9.90 Å². The first-order valence-corrected chi connectivity index (χ1v) is 6.48. The predicted octanol–water partition coefficient (Wildman–Crippen LogP) is 3.48. The van der Waals surface area contributed by atoms with Gasteiger partial charge in [0.25, 0.3) is 0 Å². The number of rotatable bonds is 3. The van der Waals surface area contributed by atoms with Gasteiger partial charge in [-0.1, -0.05) is 18.2 Å². The van der Waals surface area contributed by atoms with E-state index in [1.807, 2.05) is 31.2 Å². The molecule has 0 saturated heterocycles. The maximum absolute atomic E-state index is 11.5. The van der Waals surface area contributed by atoms with Gasteiger partial charge in [0.15, 0.2) is 0 Å². The fourth-order valence-electron chi connectivity index (χ4n) is 2.45. The van der Waals surface area contributed by atoms with Crippen LogP contribution in [0.5, 0.6) is 17.2 Å². The maximum Gasteiger partial charge on any atom is 0.339 e. The first kappa shape index (κ1) is 12.5. The number of hydrogen-bond acceptors (Lipinski definition) is 3. The average Bonchev–Trinajstić information content (AvgIpc) is 2.45. The van der Waals surface area contributed by atoms with Crippen LogP contribution in [0.1, 0.15) is 28.4 Å². The SMILES string of the molecule is CCOc1ccc2c(c1C(=O)O)Cc1ccccc1O2. The second-order valence-corrected chi connectivity index (χ2v) is 4.54. The molecule has 0 radical (unpaired) electrons. The Bertz CT molecular complexity index is 676. The molecule has 4 nitrogen and oxygen atoms in total. The first-order valence-electron chi connectivity index (χ1n) is 6.48. The van der Waals surface area contributed by atoms with Crippen molar-refractivity contribution in [1.82, 2.24) is 0 Å². The van der Waals surface area contributed by atoms with E-state index >= 15 is 0 Å².